The molecule has 9 aromatic carbocycles. The van der Waals surface area contributed by atoms with Crippen LogP contribution in [0.25, 0.3) is 104 Å². The molecule has 59 heavy (non-hydrogen) atoms. The molecule has 11 rings (SSSR count). The lowest BCUT2D eigenvalue weighted by Crippen LogP contribution is -2.02. The minimum atomic E-state index is 1.02. The molecular weight excluding hydrogens is 733 g/mol. The van der Waals surface area contributed by atoms with Gasteiger partial charge in [0.1, 0.15) is 0 Å². The van der Waals surface area contributed by atoms with Crippen LogP contribution in [0.3, 0.4) is 0 Å². The Labute approximate surface area is 348 Å². The number of thiazole rings is 1. The first kappa shape index (κ1) is 34.9. The van der Waals surface area contributed by atoms with Crippen molar-refractivity contribution < 1.29 is 0 Å². The number of hydrogen-bond donors (Lipinski definition) is 0. The van der Waals surface area contributed by atoms with E-state index in [9.17, 15) is 0 Å². The number of aryl methyl sites for hydroxylation is 1. The number of hydrogen-bond acceptors (Lipinski definition) is 2. The molecule has 0 saturated carbocycles. The van der Waals surface area contributed by atoms with Crippen molar-refractivity contribution in [3.63, 3.8) is 0 Å². The topological polar surface area (TPSA) is 17.3 Å². The van der Waals surface area contributed by atoms with E-state index in [1.165, 1.54) is 82.5 Å². The molecule has 0 radical (unpaired) electrons. The SMILES string of the molecule is Cc1ccc2c(nc3sc4ccccc4n32)c1-c1ccc(-c2c(-c3ccccc3)c(-c3ccccc3)c(-c3ccccc3)c(-c3ccccc3)c2-c2ccccc2)cc1. The first-order chi connectivity index (χ1) is 29.2. The molecule has 278 valence electrons. The van der Waals surface area contributed by atoms with Crippen LogP contribution < -0.4 is 0 Å². The van der Waals surface area contributed by atoms with E-state index < -0.39 is 0 Å². The van der Waals surface area contributed by atoms with Crippen molar-refractivity contribution in [2.45, 2.75) is 6.92 Å². The molecule has 0 atom stereocenters. The van der Waals surface area contributed by atoms with E-state index in [0.29, 0.717) is 0 Å². The molecule has 0 aliphatic rings. The molecular formula is C56H38N2S. The van der Waals surface area contributed by atoms with Gasteiger partial charge in [0.15, 0.2) is 4.96 Å². The first-order valence-electron chi connectivity index (χ1n) is 20.1. The van der Waals surface area contributed by atoms with Crippen LogP contribution in [0, 0.1) is 6.92 Å². The number of para-hydroxylation sites is 1. The number of benzene rings is 9. The van der Waals surface area contributed by atoms with Gasteiger partial charge in [-0.05, 0) is 103 Å². The standard InChI is InChI=1S/C56H38N2S/c1-37-31-36-46-55(57-56-58(46)45-29-17-18-30-47(45)59-56)48(37)43-32-34-44(35-33-43)54-52(41-25-13-5-14-26-41)50(39-21-9-3-10-22-39)49(38-19-7-2-8-20-38)51(40-23-11-4-12-24-40)53(54)42-27-15-6-16-28-42/h2-36H,1H3. The van der Waals surface area contributed by atoms with Gasteiger partial charge in [0, 0.05) is 5.56 Å². The van der Waals surface area contributed by atoms with Crippen molar-refractivity contribution in [3.8, 4) is 77.9 Å². The summed E-state index contributed by atoms with van der Waals surface area (Å²) >= 11 is 1.75. The van der Waals surface area contributed by atoms with Gasteiger partial charge in [0.25, 0.3) is 0 Å². The number of fused-ring (bicyclic) bond motifs is 5. The fourth-order valence-electron chi connectivity index (χ4n) is 9.03. The molecule has 0 fully saturated rings. The molecule has 3 heteroatoms. The Bertz CT molecular complexity index is 3170. The normalized spacial score (nSPS) is 11.5. The quantitative estimate of drug-likeness (QED) is 0.158. The highest BCUT2D eigenvalue weighted by molar-refractivity contribution is 7.23. The summed E-state index contributed by atoms with van der Waals surface area (Å²) in [6.07, 6.45) is 0. The smallest absolute Gasteiger partial charge is 0.195 e. The maximum absolute atomic E-state index is 5.29. The van der Waals surface area contributed by atoms with Crippen LogP contribution in [0.5, 0.6) is 0 Å². The van der Waals surface area contributed by atoms with Crippen LogP contribution in [0.2, 0.25) is 0 Å². The Kier molecular flexibility index (Phi) is 8.61. The number of imidazole rings is 1. The van der Waals surface area contributed by atoms with Gasteiger partial charge in [0.05, 0.1) is 21.3 Å². The molecule has 0 amide bonds. The molecule has 0 aliphatic heterocycles. The van der Waals surface area contributed by atoms with Gasteiger partial charge in [-0.2, -0.15) is 0 Å². The van der Waals surface area contributed by atoms with Gasteiger partial charge in [-0.15, -0.1) is 0 Å². The summed E-state index contributed by atoms with van der Waals surface area (Å²) in [4.78, 5) is 6.31. The Morgan fingerprint density at radius 1 is 0.322 bits per heavy atom. The lowest BCUT2D eigenvalue weighted by atomic mass is 9.74. The van der Waals surface area contributed by atoms with Crippen molar-refractivity contribution in [2.75, 3.05) is 0 Å². The lowest BCUT2D eigenvalue weighted by molar-refractivity contribution is 1.34. The Hall–Kier alpha value is -7.33. The number of rotatable bonds is 7. The maximum atomic E-state index is 5.29. The van der Waals surface area contributed by atoms with E-state index >= 15 is 0 Å². The predicted octanol–water partition coefficient (Wildman–Crippen LogP) is 15.7. The van der Waals surface area contributed by atoms with Crippen LogP contribution in [0.1, 0.15) is 5.56 Å². The third-order valence-electron chi connectivity index (χ3n) is 11.6. The number of nitrogens with zero attached hydrogens (tertiary/aromatic N) is 2. The minimum absolute atomic E-state index is 1.02. The van der Waals surface area contributed by atoms with Gasteiger partial charge >= 0.3 is 0 Å². The van der Waals surface area contributed by atoms with Gasteiger partial charge < -0.3 is 0 Å². The Morgan fingerprint density at radius 2 is 0.661 bits per heavy atom. The maximum Gasteiger partial charge on any atom is 0.195 e. The summed E-state index contributed by atoms with van der Waals surface area (Å²) < 4.78 is 3.56. The zero-order valence-electron chi connectivity index (χ0n) is 32.5. The first-order valence-corrected chi connectivity index (χ1v) is 21.0. The van der Waals surface area contributed by atoms with Crippen LogP contribution in [-0.4, -0.2) is 9.38 Å². The third-order valence-corrected chi connectivity index (χ3v) is 12.6. The molecule has 11 aromatic rings. The molecule has 0 spiro atoms. The largest absolute Gasteiger partial charge is 0.283 e. The molecule has 2 heterocycles. The lowest BCUT2D eigenvalue weighted by Gasteiger charge is -2.29. The molecule has 2 aromatic heterocycles. The van der Waals surface area contributed by atoms with Crippen LogP contribution in [-0.2, 0) is 0 Å². The predicted molar refractivity (Wildman–Crippen MR) is 251 cm³/mol. The van der Waals surface area contributed by atoms with E-state index in [-0.39, 0.29) is 0 Å². The second kappa shape index (κ2) is 14.6. The average Bonchev–Trinajstić information content (AvgIpc) is 3.86. The zero-order valence-corrected chi connectivity index (χ0v) is 33.3. The highest BCUT2D eigenvalue weighted by Gasteiger charge is 2.29. The average molecular weight is 771 g/mol. The summed E-state index contributed by atoms with van der Waals surface area (Å²) in [5, 5.41) is 0. The van der Waals surface area contributed by atoms with Crippen molar-refractivity contribution in [2.24, 2.45) is 0 Å². The summed E-state index contributed by atoms with van der Waals surface area (Å²) in [6, 6.07) is 77.1. The summed E-state index contributed by atoms with van der Waals surface area (Å²) in [5.41, 5.74) is 21.2. The van der Waals surface area contributed by atoms with E-state index in [1.807, 2.05) is 0 Å². The van der Waals surface area contributed by atoms with E-state index in [0.717, 1.165) is 27.1 Å². The fourth-order valence-corrected chi connectivity index (χ4v) is 10.1. The third kappa shape index (κ3) is 5.90. The van der Waals surface area contributed by atoms with Gasteiger partial charge in [-0.1, -0.05) is 205 Å². The second-order valence-electron chi connectivity index (χ2n) is 15.1. The molecule has 0 aliphatic carbocycles. The van der Waals surface area contributed by atoms with Gasteiger partial charge in [0.2, 0.25) is 0 Å². The van der Waals surface area contributed by atoms with E-state index in [4.69, 9.17) is 4.98 Å². The van der Waals surface area contributed by atoms with Crippen molar-refractivity contribution in [3.05, 3.63) is 218 Å². The van der Waals surface area contributed by atoms with E-state index in [1.54, 1.807) is 11.3 Å². The van der Waals surface area contributed by atoms with Gasteiger partial charge in [-0.25, -0.2) is 4.98 Å². The summed E-state index contributed by atoms with van der Waals surface area (Å²) in [7, 11) is 0. The van der Waals surface area contributed by atoms with Crippen molar-refractivity contribution >= 4 is 37.5 Å². The molecule has 2 nitrogen and oxygen atoms in total. The van der Waals surface area contributed by atoms with E-state index in [2.05, 4.69) is 224 Å². The fraction of sp³-hybridized carbons (Fsp3) is 0.0179. The second-order valence-corrected chi connectivity index (χ2v) is 16.1. The molecule has 0 bridgehead atoms. The Morgan fingerprint density at radius 3 is 1.07 bits per heavy atom. The molecule has 0 unspecified atom stereocenters. The van der Waals surface area contributed by atoms with Crippen molar-refractivity contribution in [1.29, 1.82) is 0 Å². The van der Waals surface area contributed by atoms with Crippen LogP contribution in [0.4, 0.5) is 0 Å². The highest BCUT2D eigenvalue weighted by Crippen LogP contribution is 2.56. The summed E-state index contributed by atoms with van der Waals surface area (Å²) in [5.74, 6) is 0. The molecule has 0 N–H and O–H groups in total. The number of aromatic nitrogens is 2. The summed E-state index contributed by atoms with van der Waals surface area (Å²) in [6.45, 7) is 2.20. The molecule has 0 saturated heterocycles. The van der Waals surface area contributed by atoms with Crippen LogP contribution in [0.15, 0.2) is 212 Å². The highest BCUT2D eigenvalue weighted by atomic mass is 32.1. The minimum Gasteiger partial charge on any atom is -0.283 e. The monoisotopic (exact) mass is 770 g/mol. The van der Waals surface area contributed by atoms with Gasteiger partial charge in [-0.3, -0.25) is 4.40 Å². The van der Waals surface area contributed by atoms with Crippen LogP contribution >= 0.6 is 11.3 Å². The zero-order chi connectivity index (χ0) is 39.3. The Balaban J connectivity index is 1.26. The van der Waals surface area contributed by atoms with Crippen molar-refractivity contribution in [1.82, 2.24) is 9.38 Å².